The van der Waals surface area contributed by atoms with Gasteiger partial charge in [0.2, 0.25) is 0 Å². The molecule has 0 atom stereocenters. The fourth-order valence-electron chi connectivity index (χ4n) is 14.1. The third-order valence-corrected chi connectivity index (χ3v) is 18.0. The average molecular weight is 1150 g/mol. The van der Waals surface area contributed by atoms with Crippen LogP contribution in [0.2, 0.25) is 0 Å². The first-order chi connectivity index (χ1) is 44.6. The predicted molar refractivity (Wildman–Crippen MR) is 371 cm³/mol. The molecule has 0 N–H and O–H groups in total. The Balaban J connectivity index is 0.982. The van der Waals surface area contributed by atoms with Crippen LogP contribution in [0.25, 0.3) is 171 Å². The molecule has 0 radical (unpaired) electrons. The number of hydrogen-bond donors (Lipinski definition) is 0. The molecule has 0 aliphatic carbocycles. The summed E-state index contributed by atoms with van der Waals surface area (Å²) in [6.07, 6.45) is 0. The molecule has 8 heteroatoms. The van der Waals surface area contributed by atoms with Gasteiger partial charge in [-0.2, -0.15) is 0 Å². The molecular formula is C82H50N8. The van der Waals surface area contributed by atoms with Gasteiger partial charge in [-0.25, -0.2) is 19.8 Å². The molecule has 418 valence electrons. The quantitative estimate of drug-likeness (QED) is 0.135. The lowest BCUT2D eigenvalue weighted by Gasteiger charge is -2.20. The van der Waals surface area contributed by atoms with Crippen LogP contribution >= 0.6 is 0 Å². The number of para-hydroxylation sites is 7. The highest BCUT2D eigenvalue weighted by Gasteiger charge is 2.26. The van der Waals surface area contributed by atoms with Crippen LogP contribution < -0.4 is 0 Å². The summed E-state index contributed by atoms with van der Waals surface area (Å²) in [6, 6.07) is 108. The van der Waals surface area contributed by atoms with Crippen molar-refractivity contribution in [2.45, 2.75) is 0 Å². The van der Waals surface area contributed by atoms with Crippen LogP contribution in [0.1, 0.15) is 0 Å². The molecule has 0 aliphatic rings. The minimum atomic E-state index is 0.523. The second-order valence-corrected chi connectivity index (χ2v) is 23.0. The summed E-state index contributed by atoms with van der Waals surface area (Å²) in [7, 11) is 0. The molecule has 13 aromatic carbocycles. The van der Waals surface area contributed by atoms with Crippen molar-refractivity contribution in [2.75, 3.05) is 0 Å². The first-order valence-electron chi connectivity index (χ1n) is 30.3. The summed E-state index contributed by atoms with van der Waals surface area (Å²) < 4.78 is 9.67. The first kappa shape index (κ1) is 50.8. The van der Waals surface area contributed by atoms with Crippen LogP contribution in [0.4, 0.5) is 5.69 Å². The van der Waals surface area contributed by atoms with Crippen molar-refractivity contribution in [2.24, 2.45) is 0 Å². The molecule has 18 rings (SSSR count). The topological polar surface area (TPSA) is 62.8 Å². The van der Waals surface area contributed by atoms with E-state index >= 15 is 0 Å². The Labute approximate surface area is 517 Å². The average Bonchev–Trinajstić information content (AvgIpc) is 1.56. The van der Waals surface area contributed by atoms with E-state index in [1.54, 1.807) is 0 Å². The molecule has 8 nitrogen and oxygen atoms in total. The number of rotatable bonds is 9. The van der Waals surface area contributed by atoms with E-state index < -0.39 is 0 Å². The SMILES string of the molecule is [C-]#[N+]c1ccccc1-c1ccc(-n2c3ccccc3c3cc4c5ccccc5n(-c5ccccc5)c4cc32)c(-c2cc(-n3c4ccccc4c4cc5c6ccccc6n(-c6ccccc6)c5cc43)ccc2-c2nc(-c3ccccc3)nc(-c3ccccc3)n2)c1. The van der Waals surface area contributed by atoms with Crippen LogP contribution in [-0.4, -0.2) is 33.2 Å². The predicted octanol–water partition coefficient (Wildman–Crippen LogP) is 21.1. The van der Waals surface area contributed by atoms with E-state index in [4.69, 9.17) is 21.5 Å². The van der Waals surface area contributed by atoms with Gasteiger partial charge in [-0.05, 0) is 120 Å². The number of fused-ring (bicyclic) bond motifs is 12. The zero-order valence-electron chi connectivity index (χ0n) is 48.4. The Morgan fingerprint density at radius 2 is 0.633 bits per heavy atom. The summed E-state index contributed by atoms with van der Waals surface area (Å²) >= 11 is 0. The zero-order chi connectivity index (χ0) is 59.4. The molecule has 0 saturated heterocycles. The van der Waals surface area contributed by atoms with Crippen molar-refractivity contribution in [3.05, 3.63) is 315 Å². The van der Waals surface area contributed by atoms with E-state index in [1.807, 2.05) is 54.6 Å². The zero-order valence-corrected chi connectivity index (χ0v) is 48.4. The molecule has 5 heterocycles. The smallest absolute Gasteiger partial charge is 0.194 e. The van der Waals surface area contributed by atoms with Crippen LogP contribution in [0.3, 0.4) is 0 Å². The van der Waals surface area contributed by atoms with Crippen molar-refractivity contribution in [1.82, 2.24) is 33.2 Å². The summed E-state index contributed by atoms with van der Waals surface area (Å²) in [6.45, 7) is 8.48. The molecular weight excluding hydrogens is 1100 g/mol. The lowest BCUT2D eigenvalue weighted by Crippen LogP contribution is -2.04. The van der Waals surface area contributed by atoms with Crippen LogP contribution in [-0.2, 0) is 0 Å². The highest BCUT2D eigenvalue weighted by molar-refractivity contribution is 6.21. The van der Waals surface area contributed by atoms with Crippen molar-refractivity contribution in [1.29, 1.82) is 0 Å². The van der Waals surface area contributed by atoms with E-state index in [0.717, 1.165) is 127 Å². The van der Waals surface area contributed by atoms with Crippen LogP contribution in [0.15, 0.2) is 303 Å². The maximum atomic E-state index is 8.48. The lowest BCUT2D eigenvalue weighted by molar-refractivity contribution is 1.07. The van der Waals surface area contributed by atoms with E-state index in [2.05, 4.69) is 272 Å². The van der Waals surface area contributed by atoms with Gasteiger partial charge in [0, 0.05) is 82.4 Å². The maximum Gasteiger partial charge on any atom is 0.194 e. The highest BCUT2D eigenvalue weighted by Crippen LogP contribution is 2.47. The van der Waals surface area contributed by atoms with E-state index in [1.165, 1.54) is 21.5 Å². The van der Waals surface area contributed by atoms with Gasteiger partial charge in [0.15, 0.2) is 23.2 Å². The Hall–Kier alpha value is -12.4. The molecule has 18 aromatic rings. The van der Waals surface area contributed by atoms with Gasteiger partial charge < -0.3 is 18.3 Å². The summed E-state index contributed by atoms with van der Waals surface area (Å²) in [4.78, 5) is 20.3. The molecule has 0 unspecified atom stereocenters. The fourth-order valence-corrected chi connectivity index (χ4v) is 14.1. The van der Waals surface area contributed by atoms with E-state index in [9.17, 15) is 0 Å². The third kappa shape index (κ3) is 7.90. The Bertz CT molecular complexity index is 5910. The number of benzene rings is 13. The summed E-state index contributed by atoms with van der Waals surface area (Å²) in [5.41, 5.74) is 19.5. The summed E-state index contributed by atoms with van der Waals surface area (Å²) in [5, 5.41) is 9.33. The monoisotopic (exact) mass is 1150 g/mol. The van der Waals surface area contributed by atoms with Crippen molar-refractivity contribution < 1.29 is 0 Å². The van der Waals surface area contributed by atoms with Gasteiger partial charge >= 0.3 is 0 Å². The number of nitrogens with zero attached hydrogens (tertiary/aromatic N) is 8. The Morgan fingerprint density at radius 3 is 1.12 bits per heavy atom. The Morgan fingerprint density at radius 1 is 0.233 bits per heavy atom. The fraction of sp³-hybridized carbons (Fsp3) is 0. The molecule has 0 aliphatic heterocycles. The number of aromatic nitrogens is 7. The molecule has 5 aromatic heterocycles. The molecule has 0 saturated carbocycles. The highest BCUT2D eigenvalue weighted by atomic mass is 15.0. The van der Waals surface area contributed by atoms with E-state index in [-0.39, 0.29) is 0 Å². The maximum absolute atomic E-state index is 8.48. The minimum Gasteiger partial charge on any atom is -0.309 e. The van der Waals surface area contributed by atoms with Gasteiger partial charge in [0.25, 0.3) is 0 Å². The first-order valence-corrected chi connectivity index (χ1v) is 30.3. The Kier molecular flexibility index (Phi) is 11.5. The molecule has 0 amide bonds. The van der Waals surface area contributed by atoms with Crippen molar-refractivity contribution in [3.8, 4) is 79.2 Å². The van der Waals surface area contributed by atoms with Gasteiger partial charge in [0.1, 0.15) is 0 Å². The van der Waals surface area contributed by atoms with Crippen LogP contribution in [0, 0.1) is 6.57 Å². The molecule has 0 bridgehead atoms. The standard InChI is InChI=1S/C82H50N8/c1-83-70-37-19-14-32-58(70)54-42-45-75(90-74-41-23-18-36-62(74)69-49-67-60-34-16-21-39-72(60)88(77(67)51-79(69)90)56-30-12-5-13-31-56)65(46-54)64-47-57(43-44-63(64)82-85-80(52-24-6-2-7-25-52)84-81(86-82)53-26-8-3-9-27-53)89-73-40-22-17-35-61(73)68-48-66-59-33-15-20-38-71(59)87(76(66)50-78(68)89)55-28-10-4-11-29-55/h2-51H. The van der Waals surface area contributed by atoms with Gasteiger partial charge in [-0.3, -0.25) is 0 Å². The van der Waals surface area contributed by atoms with Gasteiger partial charge in [-0.15, -0.1) is 0 Å². The molecule has 90 heavy (non-hydrogen) atoms. The molecule has 0 fully saturated rings. The van der Waals surface area contributed by atoms with Crippen LogP contribution in [0.5, 0.6) is 0 Å². The second kappa shape index (κ2) is 20.3. The van der Waals surface area contributed by atoms with Crippen molar-refractivity contribution >= 4 is 92.9 Å². The number of hydrogen-bond acceptors (Lipinski definition) is 3. The van der Waals surface area contributed by atoms with Gasteiger partial charge in [-0.1, -0.05) is 200 Å². The third-order valence-electron chi connectivity index (χ3n) is 18.0. The lowest BCUT2D eigenvalue weighted by atomic mass is 9.92. The minimum absolute atomic E-state index is 0.523. The van der Waals surface area contributed by atoms with E-state index in [0.29, 0.717) is 23.2 Å². The largest absolute Gasteiger partial charge is 0.309 e. The van der Waals surface area contributed by atoms with Crippen molar-refractivity contribution in [3.63, 3.8) is 0 Å². The normalized spacial score (nSPS) is 11.8. The molecule has 0 spiro atoms. The van der Waals surface area contributed by atoms with Gasteiger partial charge in [0.05, 0.1) is 56.4 Å². The summed E-state index contributed by atoms with van der Waals surface area (Å²) in [5.74, 6) is 1.65. The second-order valence-electron chi connectivity index (χ2n) is 23.0.